The van der Waals surface area contributed by atoms with Crippen molar-refractivity contribution in [2.24, 2.45) is 7.05 Å². The number of aryl methyl sites for hydroxylation is 1. The minimum atomic E-state index is 0.550. The van der Waals surface area contributed by atoms with Crippen molar-refractivity contribution in [2.75, 3.05) is 31.2 Å². The molecule has 1 aliphatic carbocycles. The van der Waals surface area contributed by atoms with Gasteiger partial charge < -0.3 is 14.2 Å². The predicted molar refractivity (Wildman–Crippen MR) is 121 cm³/mol. The highest BCUT2D eigenvalue weighted by atomic mass is 16.5. The van der Waals surface area contributed by atoms with Gasteiger partial charge in [-0.25, -0.2) is 9.67 Å². The molecule has 0 N–H and O–H groups in total. The molecule has 1 saturated heterocycles. The second-order valence-electron chi connectivity index (χ2n) is 8.52. The zero-order chi connectivity index (χ0) is 21.5. The Hall–Kier alpha value is -3.33. The summed E-state index contributed by atoms with van der Waals surface area (Å²) in [5.74, 6) is 2.80. The number of imidazole rings is 1. The van der Waals surface area contributed by atoms with Crippen LogP contribution in [0.15, 0.2) is 36.8 Å². The maximum absolute atomic E-state index is 5.57. The Labute approximate surface area is 186 Å². The van der Waals surface area contributed by atoms with Crippen LogP contribution in [0.1, 0.15) is 37.3 Å². The van der Waals surface area contributed by atoms with Crippen molar-refractivity contribution in [1.29, 1.82) is 0 Å². The van der Waals surface area contributed by atoms with Crippen molar-refractivity contribution in [2.45, 2.75) is 31.6 Å². The second kappa shape index (κ2) is 7.98. The van der Waals surface area contributed by atoms with E-state index in [1.807, 2.05) is 34.6 Å². The number of rotatable bonds is 4. The van der Waals surface area contributed by atoms with Crippen LogP contribution in [-0.4, -0.2) is 60.6 Å². The lowest BCUT2D eigenvalue weighted by Gasteiger charge is -2.28. The molecule has 4 aromatic heterocycles. The fourth-order valence-corrected chi connectivity index (χ4v) is 4.78. The Morgan fingerprint density at radius 1 is 0.969 bits per heavy atom. The molecule has 5 heterocycles. The number of pyridine rings is 1. The van der Waals surface area contributed by atoms with Crippen molar-refractivity contribution in [3.63, 3.8) is 0 Å². The van der Waals surface area contributed by atoms with Gasteiger partial charge in [0.1, 0.15) is 5.82 Å². The average molecular weight is 431 g/mol. The third-order valence-corrected chi connectivity index (χ3v) is 6.53. The van der Waals surface area contributed by atoms with Crippen LogP contribution in [0.5, 0.6) is 0 Å². The van der Waals surface area contributed by atoms with Crippen LogP contribution in [0.25, 0.3) is 28.5 Å². The average Bonchev–Trinajstić information content (AvgIpc) is 3.60. The zero-order valence-corrected chi connectivity index (χ0v) is 18.2. The molecule has 9 nitrogen and oxygen atoms in total. The van der Waals surface area contributed by atoms with Crippen LogP contribution in [0.2, 0.25) is 0 Å². The largest absolute Gasteiger partial charge is 0.378 e. The number of morpholine rings is 1. The smallest absolute Gasteiger partial charge is 0.254 e. The molecule has 6 rings (SSSR count). The van der Waals surface area contributed by atoms with E-state index in [1.54, 1.807) is 12.4 Å². The van der Waals surface area contributed by atoms with E-state index < -0.39 is 0 Å². The number of nitrogens with zero attached hydrogens (tertiary/aromatic N) is 8. The summed E-state index contributed by atoms with van der Waals surface area (Å²) in [6.07, 6.45) is 10.5. The fraction of sp³-hybridized carbons (Fsp3) is 0.435. The number of anilines is 1. The number of fused-ring (bicyclic) bond motifs is 1. The monoisotopic (exact) mass is 430 g/mol. The van der Waals surface area contributed by atoms with Gasteiger partial charge in [0.2, 0.25) is 0 Å². The lowest BCUT2D eigenvalue weighted by Crippen LogP contribution is -2.37. The zero-order valence-electron chi connectivity index (χ0n) is 18.2. The molecule has 1 aliphatic heterocycles. The second-order valence-corrected chi connectivity index (χ2v) is 8.52. The number of hydrogen-bond acceptors (Lipinski definition) is 7. The summed E-state index contributed by atoms with van der Waals surface area (Å²) in [4.78, 5) is 21.2. The maximum atomic E-state index is 5.57. The summed E-state index contributed by atoms with van der Waals surface area (Å²) < 4.78 is 9.42. The minimum absolute atomic E-state index is 0.550. The first-order valence-corrected chi connectivity index (χ1v) is 11.3. The van der Waals surface area contributed by atoms with Crippen molar-refractivity contribution in [3.8, 4) is 17.3 Å². The van der Waals surface area contributed by atoms with E-state index in [1.165, 1.54) is 25.7 Å². The number of aromatic nitrogens is 7. The van der Waals surface area contributed by atoms with E-state index in [9.17, 15) is 0 Å². The van der Waals surface area contributed by atoms with E-state index in [-0.39, 0.29) is 0 Å². The van der Waals surface area contributed by atoms with Crippen molar-refractivity contribution < 1.29 is 4.74 Å². The molecule has 0 unspecified atom stereocenters. The third kappa shape index (κ3) is 3.33. The number of hydrogen-bond donors (Lipinski definition) is 0. The predicted octanol–water partition coefficient (Wildman–Crippen LogP) is 3.11. The molecule has 0 aromatic carbocycles. The summed E-state index contributed by atoms with van der Waals surface area (Å²) in [6.45, 7) is 2.91. The first kappa shape index (κ1) is 19.4. The summed E-state index contributed by atoms with van der Waals surface area (Å²) >= 11 is 0. The van der Waals surface area contributed by atoms with Crippen LogP contribution in [-0.2, 0) is 11.8 Å². The first-order chi connectivity index (χ1) is 15.8. The van der Waals surface area contributed by atoms with Crippen molar-refractivity contribution >= 4 is 17.0 Å². The molecule has 0 radical (unpaired) electrons. The highest BCUT2D eigenvalue weighted by Gasteiger charge is 2.24. The normalized spacial score (nSPS) is 17.5. The van der Waals surface area contributed by atoms with Crippen molar-refractivity contribution in [1.82, 2.24) is 34.3 Å². The quantitative estimate of drug-likeness (QED) is 0.492. The van der Waals surface area contributed by atoms with Gasteiger partial charge in [-0.15, -0.1) is 0 Å². The first-order valence-electron chi connectivity index (χ1n) is 11.3. The van der Waals surface area contributed by atoms with Crippen molar-refractivity contribution in [3.05, 3.63) is 42.5 Å². The van der Waals surface area contributed by atoms with E-state index in [0.717, 1.165) is 47.2 Å². The Bertz CT molecular complexity index is 1240. The van der Waals surface area contributed by atoms with Gasteiger partial charge in [0.15, 0.2) is 17.0 Å². The molecule has 4 aromatic rings. The Morgan fingerprint density at radius 3 is 2.53 bits per heavy atom. The van der Waals surface area contributed by atoms with Gasteiger partial charge >= 0.3 is 0 Å². The van der Waals surface area contributed by atoms with Crippen LogP contribution < -0.4 is 4.90 Å². The molecule has 32 heavy (non-hydrogen) atoms. The third-order valence-electron chi connectivity index (χ3n) is 6.53. The molecule has 1 saturated carbocycles. The molecule has 2 fully saturated rings. The summed E-state index contributed by atoms with van der Waals surface area (Å²) in [5, 5.41) is 4.86. The van der Waals surface area contributed by atoms with Gasteiger partial charge in [0, 0.05) is 50.2 Å². The Morgan fingerprint density at radius 2 is 1.75 bits per heavy atom. The maximum Gasteiger partial charge on any atom is 0.254 e. The van der Waals surface area contributed by atoms with E-state index in [4.69, 9.17) is 24.8 Å². The summed E-state index contributed by atoms with van der Waals surface area (Å²) in [7, 11) is 2.00. The molecule has 9 heteroatoms. The molecule has 0 amide bonds. The van der Waals surface area contributed by atoms with Gasteiger partial charge in [-0.3, -0.25) is 4.98 Å². The van der Waals surface area contributed by atoms with Gasteiger partial charge in [-0.05, 0) is 31.0 Å². The molecule has 0 spiro atoms. The minimum Gasteiger partial charge on any atom is -0.378 e. The number of ether oxygens (including phenoxy) is 1. The van der Waals surface area contributed by atoms with Crippen LogP contribution >= 0.6 is 0 Å². The lowest BCUT2D eigenvalue weighted by molar-refractivity contribution is 0.122. The Balaban J connectivity index is 1.49. The van der Waals surface area contributed by atoms with E-state index in [0.29, 0.717) is 25.1 Å². The molecule has 0 atom stereocenters. The van der Waals surface area contributed by atoms with Crippen LogP contribution in [0.3, 0.4) is 0 Å². The van der Waals surface area contributed by atoms with Gasteiger partial charge in [0.05, 0.1) is 18.9 Å². The van der Waals surface area contributed by atoms with Gasteiger partial charge in [-0.2, -0.15) is 15.1 Å². The van der Waals surface area contributed by atoms with E-state index >= 15 is 0 Å². The lowest BCUT2D eigenvalue weighted by atomic mass is 10.1. The Kier molecular flexibility index (Phi) is 4.83. The van der Waals surface area contributed by atoms with Crippen LogP contribution in [0, 0.1) is 0 Å². The molecule has 2 aliphatic rings. The van der Waals surface area contributed by atoms with Crippen LogP contribution in [0.4, 0.5) is 5.82 Å². The molecular weight excluding hydrogens is 404 g/mol. The molecule has 164 valence electrons. The van der Waals surface area contributed by atoms with E-state index in [2.05, 4.69) is 16.0 Å². The SMILES string of the molecule is Cn1c(-c2ccncc2)nc2c(N3CCOCC3)nc(-n3ccc(C4CCCC4)n3)nc21. The standard InChI is InChI=1S/C23H26N8O/c1-29-20(17-6-9-24-10-7-17)25-19-21(29)26-23(27-22(19)30-12-14-32-15-13-30)31-11-8-18(28-31)16-4-2-3-5-16/h6-11,16H,2-5,12-15H2,1H3. The van der Waals surface area contributed by atoms with Gasteiger partial charge in [-0.1, -0.05) is 12.8 Å². The van der Waals surface area contributed by atoms with Gasteiger partial charge in [0.25, 0.3) is 5.95 Å². The molecule has 0 bridgehead atoms. The topological polar surface area (TPSA) is 86.8 Å². The highest BCUT2D eigenvalue weighted by Crippen LogP contribution is 2.33. The summed E-state index contributed by atoms with van der Waals surface area (Å²) in [6, 6.07) is 6.04. The molecular formula is C23H26N8O. The summed E-state index contributed by atoms with van der Waals surface area (Å²) in [5.41, 5.74) is 3.73. The fourth-order valence-electron chi connectivity index (χ4n) is 4.78. The highest BCUT2D eigenvalue weighted by molar-refractivity contribution is 5.87.